The van der Waals surface area contributed by atoms with Crippen LogP contribution in [0.4, 0.5) is 4.39 Å². The third-order valence-electron chi connectivity index (χ3n) is 4.12. The number of alkyl halides is 1. The van der Waals surface area contributed by atoms with Crippen LogP contribution in [0.15, 0.2) is 53.4 Å². The predicted octanol–water partition coefficient (Wildman–Crippen LogP) is 4.67. The quantitative estimate of drug-likeness (QED) is 0.726. The zero-order valence-electron chi connectivity index (χ0n) is 14.9. The molecule has 25 heavy (non-hydrogen) atoms. The third-order valence-corrected chi connectivity index (χ3v) is 5.85. The highest BCUT2D eigenvalue weighted by Crippen LogP contribution is 2.26. The highest BCUT2D eigenvalue weighted by Gasteiger charge is 2.23. The van der Waals surface area contributed by atoms with E-state index < -0.39 is 21.8 Å². The minimum atomic E-state index is -3.74. The summed E-state index contributed by atoms with van der Waals surface area (Å²) < 4.78 is 39.4. The van der Waals surface area contributed by atoms with Crippen molar-refractivity contribution in [1.29, 1.82) is 0 Å². The van der Waals surface area contributed by atoms with Crippen molar-refractivity contribution in [1.82, 2.24) is 0 Å². The maximum absolute atomic E-state index is 14.5. The van der Waals surface area contributed by atoms with Gasteiger partial charge in [0, 0.05) is 5.56 Å². The summed E-state index contributed by atoms with van der Waals surface area (Å²) in [5.74, 6) is -0.741. The maximum atomic E-state index is 14.5. The Morgan fingerprint density at radius 1 is 1.00 bits per heavy atom. The van der Waals surface area contributed by atoms with Crippen molar-refractivity contribution in [3.63, 3.8) is 0 Å². The van der Waals surface area contributed by atoms with Crippen LogP contribution in [0.5, 0.6) is 0 Å². The molecule has 0 N–H and O–H groups in total. The van der Waals surface area contributed by atoms with Crippen LogP contribution in [0.3, 0.4) is 0 Å². The molecule has 0 aliphatic carbocycles. The van der Waals surface area contributed by atoms with Crippen molar-refractivity contribution in [2.75, 3.05) is 5.75 Å². The number of Topliss-reactive ketones (excluding diaryl/α,β-unsaturated/α-hetero) is 1. The minimum absolute atomic E-state index is 0.0800. The predicted molar refractivity (Wildman–Crippen MR) is 97.5 cm³/mol. The molecular weight excluding hydrogens is 339 g/mol. The van der Waals surface area contributed by atoms with Gasteiger partial charge in [0.25, 0.3) is 0 Å². The standard InChI is InChI=1S/C20H23FO3S/c1-14(22)15-5-7-16(8-6-15)19(21)13-25(23,24)18-11-9-17(10-12-18)20(2,3)4/h5-12,19H,13H2,1-4H3. The van der Waals surface area contributed by atoms with Crippen LogP contribution in [0.1, 0.15) is 55.4 Å². The van der Waals surface area contributed by atoms with E-state index in [2.05, 4.69) is 0 Å². The number of benzene rings is 2. The zero-order valence-corrected chi connectivity index (χ0v) is 15.7. The Balaban J connectivity index is 2.18. The van der Waals surface area contributed by atoms with Crippen molar-refractivity contribution in [2.24, 2.45) is 0 Å². The second kappa shape index (κ2) is 7.08. The number of ketones is 1. The molecule has 0 heterocycles. The van der Waals surface area contributed by atoms with Gasteiger partial charge in [-0.25, -0.2) is 12.8 Å². The molecular formula is C20H23FO3S. The topological polar surface area (TPSA) is 51.2 Å². The van der Waals surface area contributed by atoms with Gasteiger partial charge in [-0.1, -0.05) is 57.2 Å². The largest absolute Gasteiger partial charge is 0.295 e. The van der Waals surface area contributed by atoms with Crippen molar-refractivity contribution in [3.05, 3.63) is 65.2 Å². The van der Waals surface area contributed by atoms with E-state index in [0.717, 1.165) is 5.56 Å². The summed E-state index contributed by atoms with van der Waals surface area (Å²) in [5.41, 5.74) is 1.66. The van der Waals surface area contributed by atoms with Crippen molar-refractivity contribution < 1.29 is 17.6 Å². The Hall–Kier alpha value is -2.01. The van der Waals surface area contributed by atoms with Crippen molar-refractivity contribution >= 4 is 15.6 Å². The summed E-state index contributed by atoms with van der Waals surface area (Å²) in [6.45, 7) is 7.55. The first-order chi connectivity index (χ1) is 11.5. The number of carbonyl (C=O) groups is 1. The van der Waals surface area contributed by atoms with Gasteiger partial charge in [-0.2, -0.15) is 0 Å². The van der Waals surface area contributed by atoms with Crippen LogP contribution in [0.25, 0.3) is 0 Å². The summed E-state index contributed by atoms with van der Waals surface area (Å²) in [6, 6.07) is 12.5. The van der Waals surface area contributed by atoms with Gasteiger partial charge in [0.05, 0.1) is 10.6 Å². The van der Waals surface area contributed by atoms with Gasteiger partial charge in [-0.3, -0.25) is 4.79 Å². The van der Waals surface area contributed by atoms with Crippen LogP contribution in [0.2, 0.25) is 0 Å². The summed E-state index contributed by atoms with van der Waals surface area (Å²) >= 11 is 0. The lowest BCUT2D eigenvalue weighted by molar-refractivity contribution is 0.101. The second-order valence-corrected chi connectivity index (χ2v) is 9.24. The number of hydrogen-bond acceptors (Lipinski definition) is 3. The second-order valence-electron chi connectivity index (χ2n) is 7.20. The first kappa shape index (κ1) is 19.3. The van der Waals surface area contributed by atoms with Gasteiger partial charge in [0.2, 0.25) is 0 Å². The number of halogens is 1. The molecule has 0 amide bonds. The lowest BCUT2D eigenvalue weighted by atomic mass is 9.87. The normalized spacial score (nSPS) is 13.5. The molecule has 2 aromatic carbocycles. The Kier molecular flexibility index (Phi) is 5.47. The van der Waals surface area contributed by atoms with Crippen molar-refractivity contribution in [2.45, 2.75) is 44.2 Å². The average Bonchev–Trinajstić information content (AvgIpc) is 2.54. The number of hydrogen-bond donors (Lipinski definition) is 0. The molecule has 2 aromatic rings. The van der Waals surface area contributed by atoms with Crippen molar-refractivity contribution in [3.8, 4) is 0 Å². The highest BCUT2D eigenvalue weighted by atomic mass is 32.2. The number of sulfone groups is 1. The summed E-state index contributed by atoms with van der Waals surface area (Å²) in [4.78, 5) is 11.4. The Labute approximate surface area is 148 Å². The average molecular weight is 362 g/mol. The molecule has 0 radical (unpaired) electrons. The number of rotatable bonds is 5. The smallest absolute Gasteiger partial charge is 0.181 e. The summed E-state index contributed by atoms with van der Waals surface area (Å²) in [7, 11) is -3.74. The molecule has 2 rings (SSSR count). The molecule has 0 aliphatic rings. The van der Waals surface area contributed by atoms with E-state index >= 15 is 0 Å². The van der Waals surface area contributed by atoms with E-state index in [1.54, 1.807) is 12.1 Å². The molecule has 5 heteroatoms. The fourth-order valence-electron chi connectivity index (χ4n) is 2.47. The molecule has 1 unspecified atom stereocenters. The Morgan fingerprint density at radius 2 is 1.52 bits per heavy atom. The maximum Gasteiger partial charge on any atom is 0.181 e. The Bertz CT molecular complexity index is 845. The van der Waals surface area contributed by atoms with E-state index in [1.807, 2.05) is 20.8 Å². The van der Waals surface area contributed by atoms with Gasteiger partial charge >= 0.3 is 0 Å². The van der Waals surface area contributed by atoms with Gasteiger partial charge < -0.3 is 0 Å². The molecule has 0 saturated carbocycles. The molecule has 3 nitrogen and oxygen atoms in total. The van der Waals surface area contributed by atoms with Crippen LogP contribution in [-0.4, -0.2) is 20.0 Å². The Morgan fingerprint density at radius 3 is 1.96 bits per heavy atom. The van der Waals surface area contributed by atoms with E-state index in [4.69, 9.17) is 0 Å². The van der Waals surface area contributed by atoms with E-state index in [9.17, 15) is 17.6 Å². The van der Waals surface area contributed by atoms with Gasteiger partial charge in [-0.15, -0.1) is 0 Å². The van der Waals surface area contributed by atoms with Gasteiger partial charge in [-0.05, 0) is 35.6 Å². The number of carbonyl (C=O) groups excluding carboxylic acids is 1. The van der Waals surface area contributed by atoms with Crippen LogP contribution >= 0.6 is 0 Å². The first-order valence-electron chi connectivity index (χ1n) is 8.09. The lowest BCUT2D eigenvalue weighted by Gasteiger charge is -2.19. The highest BCUT2D eigenvalue weighted by molar-refractivity contribution is 7.91. The molecule has 0 fully saturated rings. The lowest BCUT2D eigenvalue weighted by Crippen LogP contribution is -2.14. The molecule has 0 aromatic heterocycles. The van der Waals surface area contributed by atoms with Gasteiger partial charge in [0.15, 0.2) is 15.6 Å². The third kappa shape index (κ3) is 4.75. The molecule has 0 saturated heterocycles. The molecule has 0 bridgehead atoms. The molecule has 0 aliphatic heterocycles. The fourth-order valence-corrected chi connectivity index (χ4v) is 3.79. The summed E-state index contributed by atoms with van der Waals surface area (Å²) in [5, 5.41) is 0. The van der Waals surface area contributed by atoms with Crippen LogP contribution in [-0.2, 0) is 15.3 Å². The molecule has 0 spiro atoms. The van der Waals surface area contributed by atoms with Crippen LogP contribution < -0.4 is 0 Å². The zero-order chi connectivity index (χ0) is 18.8. The molecule has 1 atom stereocenters. The van der Waals surface area contributed by atoms with Crippen LogP contribution in [0, 0.1) is 0 Å². The first-order valence-corrected chi connectivity index (χ1v) is 9.74. The monoisotopic (exact) mass is 362 g/mol. The van der Waals surface area contributed by atoms with E-state index in [1.165, 1.54) is 43.3 Å². The van der Waals surface area contributed by atoms with E-state index in [0.29, 0.717) is 5.56 Å². The SMILES string of the molecule is CC(=O)c1ccc(C(F)CS(=O)(=O)c2ccc(C(C)(C)C)cc2)cc1. The summed E-state index contributed by atoms with van der Waals surface area (Å²) in [6.07, 6.45) is -1.65. The van der Waals surface area contributed by atoms with E-state index in [-0.39, 0.29) is 21.7 Å². The molecule has 134 valence electrons. The fraction of sp³-hybridized carbons (Fsp3) is 0.350. The van der Waals surface area contributed by atoms with Gasteiger partial charge in [0.1, 0.15) is 6.17 Å². The minimum Gasteiger partial charge on any atom is -0.295 e.